The van der Waals surface area contributed by atoms with Crippen LogP contribution in [0.1, 0.15) is 16.7 Å². The van der Waals surface area contributed by atoms with E-state index in [1.54, 1.807) is 0 Å². The lowest BCUT2D eigenvalue weighted by Gasteiger charge is -2.28. The second-order valence-electron chi connectivity index (χ2n) is 5.87. The van der Waals surface area contributed by atoms with Crippen LogP contribution in [0.25, 0.3) is 0 Å². The molecule has 2 N–H and O–H groups in total. The summed E-state index contributed by atoms with van der Waals surface area (Å²) in [6.45, 7) is 0.613. The zero-order valence-electron chi connectivity index (χ0n) is 13.7. The molecular weight excluding hydrogens is 334 g/mol. The van der Waals surface area contributed by atoms with E-state index in [9.17, 15) is 0 Å². The van der Waals surface area contributed by atoms with Crippen LogP contribution in [0, 0.1) is 0 Å². The number of rotatable bonds is 4. The summed E-state index contributed by atoms with van der Waals surface area (Å²) in [5, 5.41) is 0. The Morgan fingerprint density at radius 3 is 1.84 bits per heavy atom. The molecule has 0 aromatic heterocycles. The second-order valence-corrected chi connectivity index (χ2v) is 5.87. The van der Waals surface area contributed by atoms with Crippen molar-refractivity contribution in [1.29, 1.82) is 0 Å². The first kappa shape index (κ1) is 17.3. The summed E-state index contributed by atoms with van der Waals surface area (Å²) in [5.74, 6) is 0.559. The maximum atomic E-state index is 6.39. The number of hydrogen-bond donors (Lipinski definition) is 1. The van der Waals surface area contributed by atoms with Crippen molar-refractivity contribution in [1.82, 2.24) is 0 Å². The Labute approximate surface area is 153 Å². The van der Waals surface area contributed by atoms with Crippen LogP contribution in [-0.2, 0) is 12.2 Å². The molecule has 0 saturated heterocycles. The van der Waals surface area contributed by atoms with Crippen LogP contribution in [0.5, 0.6) is 11.5 Å². The van der Waals surface area contributed by atoms with E-state index in [-0.39, 0.29) is 12.4 Å². The maximum absolute atomic E-state index is 6.39. The topological polar surface area (TPSA) is 44.5 Å². The minimum atomic E-state index is -0.952. The van der Waals surface area contributed by atoms with E-state index in [2.05, 4.69) is 0 Å². The molecule has 0 atom stereocenters. The molecule has 0 radical (unpaired) electrons. The van der Waals surface area contributed by atoms with Crippen molar-refractivity contribution < 1.29 is 9.47 Å². The monoisotopic (exact) mass is 353 g/mol. The van der Waals surface area contributed by atoms with Gasteiger partial charge < -0.3 is 15.2 Å². The molecule has 0 aliphatic carbocycles. The average Bonchev–Trinajstić information content (AvgIpc) is 3.04. The number of fused-ring (bicyclic) bond motifs is 1. The lowest BCUT2D eigenvalue weighted by molar-refractivity contribution is -0.0459. The highest BCUT2D eigenvalue weighted by Gasteiger charge is 2.45. The summed E-state index contributed by atoms with van der Waals surface area (Å²) >= 11 is 0. The maximum Gasteiger partial charge on any atom is 0.305 e. The van der Waals surface area contributed by atoms with Crippen LogP contribution in [0.15, 0.2) is 78.9 Å². The van der Waals surface area contributed by atoms with Gasteiger partial charge in [-0.05, 0) is 30.7 Å². The Kier molecular flexibility index (Phi) is 4.98. The number of nitrogens with two attached hydrogens (primary N) is 1. The average molecular weight is 354 g/mol. The highest BCUT2D eigenvalue weighted by molar-refractivity contribution is 5.85. The third-order valence-corrected chi connectivity index (χ3v) is 4.26. The molecule has 4 rings (SSSR count). The summed E-state index contributed by atoms with van der Waals surface area (Å²) in [6, 6.07) is 26.1. The normalized spacial score (nSPS) is 14.0. The Hall–Kier alpha value is -2.49. The van der Waals surface area contributed by atoms with Gasteiger partial charge >= 0.3 is 5.79 Å². The van der Waals surface area contributed by atoms with Gasteiger partial charge in [-0.1, -0.05) is 66.7 Å². The third kappa shape index (κ3) is 3.09. The fourth-order valence-electron chi connectivity index (χ4n) is 3.09. The molecule has 1 heterocycles. The largest absolute Gasteiger partial charge is 0.440 e. The molecular formula is C21H20ClNO2. The van der Waals surface area contributed by atoms with Crippen LogP contribution in [-0.4, -0.2) is 6.54 Å². The molecule has 1 aliphatic heterocycles. The summed E-state index contributed by atoms with van der Waals surface area (Å²) in [6.07, 6.45) is 0.820. The van der Waals surface area contributed by atoms with E-state index < -0.39 is 5.79 Å². The van der Waals surface area contributed by atoms with Gasteiger partial charge in [-0.3, -0.25) is 0 Å². The van der Waals surface area contributed by atoms with Crippen LogP contribution < -0.4 is 15.2 Å². The van der Waals surface area contributed by atoms with Crippen molar-refractivity contribution in [2.24, 2.45) is 5.73 Å². The van der Waals surface area contributed by atoms with Gasteiger partial charge in [0.05, 0.1) is 0 Å². The molecule has 4 heteroatoms. The van der Waals surface area contributed by atoms with E-state index in [1.807, 2.05) is 78.9 Å². The first-order valence-corrected chi connectivity index (χ1v) is 8.14. The van der Waals surface area contributed by atoms with E-state index in [4.69, 9.17) is 15.2 Å². The van der Waals surface area contributed by atoms with Gasteiger partial charge in [0.2, 0.25) is 0 Å². The Bertz CT molecular complexity index is 798. The molecule has 3 aromatic rings. The zero-order valence-corrected chi connectivity index (χ0v) is 14.5. The van der Waals surface area contributed by atoms with Crippen LogP contribution in [0.2, 0.25) is 0 Å². The standard InChI is InChI=1S/C21H19NO2.ClH/c22-14-13-16-11-12-19-20(15-16)24-21(23-19,17-7-3-1-4-8-17)18-9-5-2-6-10-18;/h1-12,15H,13-14,22H2;1H. The van der Waals surface area contributed by atoms with Crippen LogP contribution in [0.3, 0.4) is 0 Å². The first-order chi connectivity index (χ1) is 11.8. The van der Waals surface area contributed by atoms with Gasteiger partial charge in [0, 0.05) is 11.1 Å². The molecule has 0 amide bonds. The predicted octanol–water partition coefficient (Wildman–Crippen LogP) is 4.28. The lowest BCUT2D eigenvalue weighted by Crippen LogP contribution is -2.36. The summed E-state index contributed by atoms with van der Waals surface area (Å²) in [7, 11) is 0. The Morgan fingerprint density at radius 2 is 1.28 bits per heavy atom. The van der Waals surface area contributed by atoms with Gasteiger partial charge in [-0.25, -0.2) is 0 Å². The van der Waals surface area contributed by atoms with Crippen molar-refractivity contribution in [2.45, 2.75) is 12.2 Å². The van der Waals surface area contributed by atoms with E-state index in [0.717, 1.165) is 34.6 Å². The molecule has 0 saturated carbocycles. The van der Waals surface area contributed by atoms with Crippen molar-refractivity contribution >= 4 is 12.4 Å². The third-order valence-electron chi connectivity index (χ3n) is 4.26. The predicted molar refractivity (Wildman–Crippen MR) is 101 cm³/mol. The van der Waals surface area contributed by atoms with Gasteiger partial charge in [0.25, 0.3) is 0 Å². The molecule has 3 nitrogen and oxygen atoms in total. The number of benzene rings is 3. The Morgan fingerprint density at radius 1 is 0.720 bits per heavy atom. The van der Waals surface area contributed by atoms with Crippen LogP contribution in [0.4, 0.5) is 0 Å². The van der Waals surface area contributed by atoms with Crippen molar-refractivity contribution in [2.75, 3.05) is 6.54 Å². The highest BCUT2D eigenvalue weighted by atomic mass is 35.5. The number of ether oxygens (including phenoxy) is 2. The summed E-state index contributed by atoms with van der Waals surface area (Å²) in [5.41, 5.74) is 8.75. The van der Waals surface area contributed by atoms with Gasteiger partial charge in [0.15, 0.2) is 11.5 Å². The molecule has 3 aromatic carbocycles. The van der Waals surface area contributed by atoms with Crippen LogP contribution >= 0.6 is 12.4 Å². The zero-order chi connectivity index (χ0) is 16.4. The summed E-state index contributed by atoms with van der Waals surface area (Å²) < 4.78 is 12.7. The van der Waals surface area contributed by atoms with Gasteiger partial charge in [-0.15, -0.1) is 12.4 Å². The smallest absolute Gasteiger partial charge is 0.305 e. The van der Waals surface area contributed by atoms with Crippen molar-refractivity contribution in [3.8, 4) is 11.5 Å². The minimum absolute atomic E-state index is 0. The molecule has 0 bridgehead atoms. The quantitative estimate of drug-likeness (QED) is 0.761. The molecule has 25 heavy (non-hydrogen) atoms. The molecule has 1 aliphatic rings. The number of halogens is 1. The minimum Gasteiger partial charge on any atom is -0.440 e. The lowest BCUT2D eigenvalue weighted by atomic mass is 9.97. The van der Waals surface area contributed by atoms with E-state index in [0.29, 0.717) is 6.54 Å². The SMILES string of the molecule is Cl.NCCc1ccc2c(c1)OC(c1ccccc1)(c1ccccc1)O2. The highest BCUT2D eigenvalue weighted by Crippen LogP contribution is 2.47. The fourth-order valence-corrected chi connectivity index (χ4v) is 3.09. The molecule has 128 valence electrons. The molecule has 0 spiro atoms. The summed E-state index contributed by atoms with van der Waals surface area (Å²) in [4.78, 5) is 0. The fraction of sp³-hybridized carbons (Fsp3) is 0.143. The first-order valence-electron chi connectivity index (χ1n) is 8.14. The van der Waals surface area contributed by atoms with Crippen molar-refractivity contribution in [3.05, 3.63) is 95.6 Å². The molecule has 0 fully saturated rings. The number of hydrogen-bond acceptors (Lipinski definition) is 3. The van der Waals surface area contributed by atoms with E-state index >= 15 is 0 Å². The Balaban J connectivity index is 0.00000182. The molecule has 0 unspecified atom stereocenters. The second kappa shape index (κ2) is 7.18. The van der Waals surface area contributed by atoms with Gasteiger partial charge in [0.1, 0.15) is 0 Å². The van der Waals surface area contributed by atoms with Crippen molar-refractivity contribution in [3.63, 3.8) is 0 Å². The van der Waals surface area contributed by atoms with Gasteiger partial charge in [-0.2, -0.15) is 0 Å². The van der Waals surface area contributed by atoms with E-state index in [1.165, 1.54) is 0 Å².